The van der Waals surface area contributed by atoms with Crippen molar-refractivity contribution in [3.05, 3.63) is 35.9 Å². The van der Waals surface area contributed by atoms with Crippen LogP contribution in [0.4, 0.5) is 0 Å². The van der Waals surface area contributed by atoms with E-state index < -0.39 is 0 Å². The maximum Gasteiger partial charge on any atom is 0.191 e. The molecule has 1 aromatic carbocycles. The molecule has 1 aliphatic carbocycles. The molecule has 2 N–H and O–H groups in total. The second-order valence-corrected chi connectivity index (χ2v) is 6.58. The van der Waals surface area contributed by atoms with Crippen LogP contribution in [0.5, 0.6) is 0 Å². The van der Waals surface area contributed by atoms with Crippen LogP contribution in [0.2, 0.25) is 0 Å². The molecule has 0 radical (unpaired) electrons. The SMILES string of the molecule is CCN=C(NC1CC1)NC1CC(C)N(Cc2ccccc2)C1.I. The minimum Gasteiger partial charge on any atom is -0.354 e. The molecule has 3 rings (SSSR count). The summed E-state index contributed by atoms with van der Waals surface area (Å²) < 4.78 is 0. The summed E-state index contributed by atoms with van der Waals surface area (Å²) in [4.78, 5) is 7.14. The van der Waals surface area contributed by atoms with Gasteiger partial charge in [0, 0.05) is 37.8 Å². The molecule has 1 heterocycles. The topological polar surface area (TPSA) is 39.7 Å². The zero-order valence-electron chi connectivity index (χ0n) is 14.2. The Morgan fingerprint density at radius 2 is 1.87 bits per heavy atom. The second kappa shape index (κ2) is 8.87. The third-order valence-electron chi connectivity index (χ3n) is 4.51. The summed E-state index contributed by atoms with van der Waals surface area (Å²) in [6.45, 7) is 7.38. The van der Waals surface area contributed by atoms with E-state index in [1.807, 2.05) is 0 Å². The van der Waals surface area contributed by atoms with Gasteiger partial charge < -0.3 is 10.6 Å². The molecular formula is C18H29IN4. The Hall–Kier alpha value is -0.820. The monoisotopic (exact) mass is 428 g/mol. The molecule has 23 heavy (non-hydrogen) atoms. The van der Waals surface area contributed by atoms with Crippen molar-refractivity contribution < 1.29 is 0 Å². The minimum atomic E-state index is 0. The summed E-state index contributed by atoms with van der Waals surface area (Å²) in [5.74, 6) is 1.00. The highest BCUT2D eigenvalue weighted by Crippen LogP contribution is 2.21. The Morgan fingerprint density at radius 3 is 2.52 bits per heavy atom. The first-order chi connectivity index (χ1) is 10.7. The normalized spacial score (nSPS) is 25.0. The van der Waals surface area contributed by atoms with Crippen LogP contribution in [0, 0.1) is 0 Å². The Labute approximate surface area is 157 Å². The number of nitrogens with zero attached hydrogens (tertiary/aromatic N) is 2. The predicted molar refractivity (Wildman–Crippen MR) is 107 cm³/mol. The van der Waals surface area contributed by atoms with E-state index >= 15 is 0 Å². The first-order valence-corrected chi connectivity index (χ1v) is 8.60. The molecular weight excluding hydrogens is 399 g/mol. The van der Waals surface area contributed by atoms with Crippen LogP contribution in [0.1, 0.15) is 38.7 Å². The highest BCUT2D eigenvalue weighted by Gasteiger charge is 2.30. The molecule has 0 bridgehead atoms. The van der Waals surface area contributed by atoms with Gasteiger partial charge in [-0.25, -0.2) is 0 Å². The third-order valence-corrected chi connectivity index (χ3v) is 4.51. The largest absolute Gasteiger partial charge is 0.354 e. The van der Waals surface area contributed by atoms with Crippen LogP contribution >= 0.6 is 24.0 Å². The fourth-order valence-corrected chi connectivity index (χ4v) is 3.15. The summed E-state index contributed by atoms with van der Waals surface area (Å²) in [5.41, 5.74) is 1.40. The smallest absolute Gasteiger partial charge is 0.191 e. The number of aliphatic imine (C=N–C) groups is 1. The lowest BCUT2D eigenvalue weighted by Gasteiger charge is -2.21. The van der Waals surface area contributed by atoms with Gasteiger partial charge >= 0.3 is 0 Å². The predicted octanol–water partition coefficient (Wildman–Crippen LogP) is 2.98. The summed E-state index contributed by atoms with van der Waals surface area (Å²) in [6.07, 6.45) is 3.75. The van der Waals surface area contributed by atoms with E-state index in [9.17, 15) is 0 Å². The van der Waals surface area contributed by atoms with Crippen molar-refractivity contribution in [3.63, 3.8) is 0 Å². The Bertz CT molecular complexity index is 501. The maximum atomic E-state index is 4.58. The molecule has 1 saturated carbocycles. The summed E-state index contributed by atoms with van der Waals surface area (Å²) in [5, 5.41) is 7.15. The molecule has 2 atom stereocenters. The van der Waals surface area contributed by atoms with Gasteiger partial charge in [0.15, 0.2) is 5.96 Å². The van der Waals surface area contributed by atoms with E-state index in [0.29, 0.717) is 18.1 Å². The van der Waals surface area contributed by atoms with Crippen LogP contribution in [0.15, 0.2) is 35.3 Å². The first-order valence-electron chi connectivity index (χ1n) is 8.60. The third kappa shape index (κ3) is 5.64. The molecule has 0 aromatic heterocycles. The summed E-state index contributed by atoms with van der Waals surface area (Å²) >= 11 is 0. The molecule has 5 heteroatoms. The van der Waals surface area contributed by atoms with Crippen molar-refractivity contribution in [2.45, 2.75) is 57.8 Å². The van der Waals surface area contributed by atoms with Crippen molar-refractivity contribution in [1.29, 1.82) is 0 Å². The highest BCUT2D eigenvalue weighted by atomic mass is 127. The average Bonchev–Trinajstić information content (AvgIpc) is 3.25. The van der Waals surface area contributed by atoms with Gasteiger partial charge in [0.05, 0.1) is 0 Å². The average molecular weight is 428 g/mol. The van der Waals surface area contributed by atoms with Gasteiger partial charge in [-0.15, -0.1) is 24.0 Å². The molecule has 128 valence electrons. The van der Waals surface area contributed by atoms with Crippen LogP contribution in [0.25, 0.3) is 0 Å². The van der Waals surface area contributed by atoms with Crippen molar-refractivity contribution in [2.75, 3.05) is 13.1 Å². The fourth-order valence-electron chi connectivity index (χ4n) is 3.15. The van der Waals surface area contributed by atoms with Gasteiger partial charge in [0.25, 0.3) is 0 Å². The van der Waals surface area contributed by atoms with Crippen LogP contribution < -0.4 is 10.6 Å². The Morgan fingerprint density at radius 1 is 1.17 bits per heavy atom. The van der Waals surface area contributed by atoms with Crippen molar-refractivity contribution >= 4 is 29.9 Å². The van der Waals surface area contributed by atoms with E-state index in [-0.39, 0.29) is 24.0 Å². The standard InChI is InChI=1S/C18H28N4.HI/c1-3-19-18(20-16-9-10-16)21-17-11-14(2)22(13-17)12-15-7-5-4-6-8-15;/h4-8,14,16-17H,3,9-13H2,1-2H3,(H2,19,20,21);1H. The van der Waals surface area contributed by atoms with E-state index in [2.05, 4.69) is 64.7 Å². The molecule has 2 unspecified atom stereocenters. The lowest BCUT2D eigenvalue weighted by molar-refractivity contribution is 0.258. The number of hydrogen-bond donors (Lipinski definition) is 2. The number of nitrogens with one attached hydrogen (secondary N) is 2. The Kier molecular flexibility index (Phi) is 7.14. The lowest BCUT2D eigenvalue weighted by atomic mass is 10.2. The van der Waals surface area contributed by atoms with E-state index in [1.165, 1.54) is 24.8 Å². The van der Waals surface area contributed by atoms with Crippen LogP contribution in [-0.2, 0) is 6.54 Å². The molecule has 0 amide bonds. The number of rotatable bonds is 5. The second-order valence-electron chi connectivity index (χ2n) is 6.58. The summed E-state index contributed by atoms with van der Waals surface area (Å²) in [6, 6.07) is 12.5. The molecule has 0 spiro atoms. The lowest BCUT2D eigenvalue weighted by Crippen LogP contribution is -2.45. The van der Waals surface area contributed by atoms with Gasteiger partial charge in [0.2, 0.25) is 0 Å². The number of halogens is 1. The summed E-state index contributed by atoms with van der Waals surface area (Å²) in [7, 11) is 0. The van der Waals surface area contributed by atoms with Gasteiger partial charge in [-0.05, 0) is 38.7 Å². The van der Waals surface area contributed by atoms with Gasteiger partial charge in [-0.2, -0.15) is 0 Å². The quantitative estimate of drug-likeness (QED) is 0.431. The van der Waals surface area contributed by atoms with E-state index in [4.69, 9.17) is 0 Å². The van der Waals surface area contributed by atoms with Crippen molar-refractivity contribution in [2.24, 2.45) is 4.99 Å². The Balaban J connectivity index is 0.00000192. The fraction of sp³-hybridized carbons (Fsp3) is 0.611. The zero-order chi connectivity index (χ0) is 15.4. The van der Waals surface area contributed by atoms with E-state index in [1.54, 1.807) is 0 Å². The van der Waals surface area contributed by atoms with E-state index in [0.717, 1.165) is 25.6 Å². The molecule has 4 nitrogen and oxygen atoms in total. The number of hydrogen-bond acceptors (Lipinski definition) is 2. The number of guanidine groups is 1. The van der Waals surface area contributed by atoms with Gasteiger partial charge in [0.1, 0.15) is 0 Å². The van der Waals surface area contributed by atoms with Crippen LogP contribution in [0.3, 0.4) is 0 Å². The molecule has 2 fully saturated rings. The van der Waals surface area contributed by atoms with Gasteiger partial charge in [-0.3, -0.25) is 9.89 Å². The highest BCUT2D eigenvalue weighted by molar-refractivity contribution is 14.0. The maximum absolute atomic E-state index is 4.58. The number of benzene rings is 1. The number of likely N-dealkylation sites (tertiary alicyclic amines) is 1. The zero-order valence-corrected chi connectivity index (χ0v) is 16.5. The van der Waals surface area contributed by atoms with Crippen molar-refractivity contribution in [3.8, 4) is 0 Å². The molecule has 2 aliphatic rings. The molecule has 1 saturated heterocycles. The van der Waals surface area contributed by atoms with Crippen molar-refractivity contribution in [1.82, 2.24) is 15.5 Å². The first kappa shape index (κ1) is 18.5. The van der Waals surface area contributed by atoms with Crippen LogP contribution in [-0.4, -0.2) is 42.1 Å². The van der Waals surface area contributed by atoms with Gasteiger partial charge in [-0.1, -0.05) is 30.3 Å². The minimum absolute atomic E-state index is 0. The molecule has 1 aliphatic heterocycles. The molecule has 1 aromatic rings.